The standard InChI is InChI=1S/C21H30N4O/c1-19(2,14-22)15-25-16-20(13-18(25)26)8-10-21(11-9-20,24(3)4)17-7-5-6-12-23-17/h5-7,12H,8-11,13,15-16H2,1-4H3. The van der Waals surface area contributed by atoms with Gasteiger partial charge in [0.2, 0.25) is 5.91 Å². The predicted octanol–water partition coefficient (Wildman–Crippen LogP) is 3.18. The Balaban J connectivity index is 1.75. The molecule has 1 saturated heterocycles. The molecule has 1 saturated carbocycles. The molecule has 2 heterocycles. The Kier molecular flexibility index (Phi) is 4.83. The highest BCUT2D eigenvalue weighted by molar-refractivity contribution is 5.79. The molecule has 2 fully saturated rings. The number of likely N-dealkylation sites (tertiary alicyclic amines) is 1. The van der Waals surface area contributed by atoms with E-state index in [1.807, 2.05) is 31.0 Å². The first-order valence-electron chi connectivity index (χ1n) is 9.50. The number of pyridine rings is 1. The van der Waals surface area contributed by atoms with Gasteiger partial charge < -0.3 is 4.90 Å². The second-order valence-electron chi connectivity index (χ2n) is 9.06. The van der Waals surface area contributed by atoms with Crippen molar-refractivity contribution in [1.82, 2.24) is 14.8 Å². The lowest BCUT2D eigenvalue weighted by Gasteiger charge is -2.48. The van der Waals surface area contributed by atoms with Gasteiger partial charge in [-0.05, 0) is 71.2 Å². The van der Waals surface area contributed by atoms with Gasteiger partial charge in [0.1, 0.15) is 0 Å². The fourth-order valence-electron chi connectivity index (χ4n) is 4.74. The molecule has 1 aromatic heterocycles. The Labute approximate surface area is 157 Å². The molecule has 2 aliphatic rings. The van der Waals surface area contributed by atoms with Crippen molar-refractivity contribution in [2.45, 2.75) is 51.5 Å². The van der Waals surface area contributed by atoms with Crippen molar-refractivity contribution in [1.29, 1.82) is 5.26 Å². The normalized spacial score (nSPS) is 29.4. The van der Waals surface area contributed by atoms with E-state index in [0.717, 1.165) is 37.9 Å². The van der Waals surface area contributed by atoms with Crippen LogP contribution in [0.15, 0.2) is 24.4 Å². The highest BCUT2D eigenvalue weighted by Crippen LogP contribution is 2.51. The Morgan fingerprint density at radius 3 is 2.50 bits per heavy atom. The van der Waals surface area contributed by atoms with E-state index in [9.17, 15) is 10.1 Å². The summed E-state index contributed by atoms with van der Waals surface area (Å²) >= 11 is 0. The van der Waals surface area contributed by atoms with Gasteiger partial charge in [-0.2, -0.15) is 5.26 Å². The van der Waals surface area contributed by atoms with Crippen LogP contribution in [0.1, 0.15) is 51.6 Å². The summed E-state index contributed by atoms with van der Waals surface area (Å²) < 4.78 is 0. The maximum atomic E-state index is 12.6. The molecule has 1 aliphatic heterocycles. The Hall–Kier alpha value is -1.93. The van der Waals surface area contributed by atoms with Crippen LogP contribution in [0.2, 0.25) is 0 Å². The molecule has 3 rings (SSSR count). The summed E-state index contributed by atoms with van der Waals surface area (Å²) in [5.41, 5.74) is 0.662. The zero-order valence-corrected chi connectivity index (χ0v) is 16.5. The molecule has 1 aliphatic carbocycles. The number of aromatic nitrogens is 1. The maximum Gasteiger partial charge on any atom is 0.223 e. The lowest BCUT2D eigenvalue weighted by molar-refractivity contribution is -0.128. The molecule has 5 heteroatoms. The fourth-order valence-corrected chi connectivity index (χ4v) is 4.74. The van der Waals surface area contributed by atoms with Crippen LogP contribution in [0, 0.1) is 22.2 Å². The largest absolute Gasteiger partial charge is 0.341 e. The first kappa shape index (κ1) is 18.8. The van der Waals surface area contributed by atoms with Crippen LogP contribution >= 0.6 is 0 Å². The van der Waals surface area contributed by atoms with Crippen molar-refractivity contribution in [2.75, 3.05) is 27.2 Å². The third-order valence-corrected chi connectivity index (χ3v) is 6.43. The summed E-state index contributed by atoms with van der Waals surface area (Å²) in [6, 6.07) is 8.46. The quantitative estimate of drug-likeness (QED) is 0.833. The minimum atomic E-state index is -0.489. The van der Waals surface area contributed by atoms with Gasteiger partial charge in [0.25, 0.3) is 0 Å². The van der Waals surface area contributed by atoms with E-state index in [-0.39, 0.29) is 16.9 Å². The number of nitrogens with zero attached hydrogens (tertiary/aromatic N) is 4. The van der Waals surface area contributed by atoms with Gasteiger partial charge in [0.05, 0.1) is 22.7 Å². The van der Waals surface area contributed by atoms with Crippen molar-refractivity contribution >= 4 is 5.91 Å². The summed E-state index contributed by atoms with van der Waals surface area (Å²) in [7, 11) is 4.27. The van der Waals surface area contributed by atoms with Crippen LogP contribution < -0.4 is 0 Å². The Morgan fingerprint density at radius 2 is 1.96 bits per heavy atom. The van der Waals surface area contributed by atoms with E-state index in [4.69, 9.17) is 0 Å². The van der Waals surface area contributed by atoms with E-state index in [1.165, 1.54) is 0 Å². The predicted molar refractivity (Wildman–Crippen MR) is 101 cm³/mol. The van der Waals surface area contributed by atoms with Gasteiger partial charge in [-0.1, -0.05) is 6.07 Å². The smallest absolute Gasteiger partial charge is 0.223 e. The van der Waals surface area contributed by atoms with Crippen LogP contribution in [-0.2, 0) is 10.3 Å². The van der Waals surface area contributed by atoms with Crippen LogP contribution in [0.3, 0.4) is 0 Å². The SMILES string of the molecule is CN(C)C1(c2ccccn2)CCC2(CC1)CC(=O)N(CC(C)(C)C#N)C2. The Bertz CT molecular complexity index is 696. The molecule has 0 atom stereocenters. The van der Waals surface area contributed by atoms with Crippen LogP contribution in [0.25, 0.3) is 0 Å². The number of amides is 1. The molecule has 0 aromatic carbocycles. The number of rotatable bonds is 4. The van der Waals surface area contributed by atoms with Gasteiger partial charge in [0.15, 0.2) is 0 Å². The van der Waals surface area contributed by atoms with Gasteiger partial charge >= 0.3 is 0 Å². The molecule has 0 N–H and O–H groups in total. The van der Waals surface area contributed by atoms with Crippen molar-refractivity contribution in [3.8, 4) is 6.07 Å². The van der Waals surface area contributed by atoms with E-state index < -0.39 is 5.41 Å². The Morgan fingerprint density at radius 1 is 1.27 bits per heavy atom. The van der Waals surface area contributed by atoms with E-state index in [1.54, 1.807) is 0 Å². The number of carbonyl (C=O) groups excluding carboxylic acids is 1. The van der Waals surface area contributed by atoms with Crippen molar-refractivity contribution < 1.29 is 4.79 Å². The summed E-state index contributed by atoms with van der Waals surface area (Å²) in [4.78, 5) is 21.5. The molecule has 1 spiro atoms. The summed E-state index contributed by atoms with van der Waals surface area (Å²) in [6.07, 6.45) is 6.57. The highest BCUT2D eigenvalue weighted by Gasteiger charge is 2.51. The van der Waals surface area contributed by atoms with E-state index >= 15 is 0 Å². The molecule has 0 unspecified atom stereocenters. The maximum absolute atomic E-state index is 12.6. The third kappa shape index (κ3) is 3.35. The molecule has 1 amide bonds. The molecular formula is C21H30N4O. The minimum absolute atomic E-state index is 0.0467. The van der Waals surface area contributed by atoms with E-state index in [0.29, 0.717) is 13.0 Å². The highest BCUT2D eigenvalue weighted by atomic mass is 16.2. The molecule has 0 bridgehead atoms. The zero-order valence-electron chi connectivity index (χ0n) is 16.5. The monoisotopic (exact) mass is 354 g/mol. The molecular weight excluding hydrogens is 324 g/mol. The van der Waals surface area contributed by atoms with Gasteiger partial charge in [-0.25, -0.2) is 0 Å². The van der Waals surface area contributed by atoms with Crippen LogP contribution in [0.4, 0.5) is 0 Å². The summed E-state index contributed by atoms with van der Waals surface area (Å²) in [6.45, 7) is 5.14. The van der Waals surface area contributed by atoms with Crippen LogP contribution in [-0.4, -0.2) is 47.9 Å². The van der Waals surface area contributed by atoms with E-state index in [2.05, 4.69) is 42.2 Å². The van der Waals surface area contributed by atoms with Gasteiger partial charge in [-0.15, -0.1) is 0 Å². The number of nitriles is 1. The summed E-state index contributed by atoms with van der Waals surface area (Å²) in [5, 5.41) is 9.30. The molecule has 0 radical (unpaired) electrons. The number of carbonyl (C=O) groups is 1. The average Bonchev–Trinajstić information content (AvgIpc) is 2.91. The van der Waals surface area contributed by atoms with Gasteiger partial charge in [0, 0.05) is 25.7 Å². The van der Waals surface area contributed by atoms with Crippen molar-refractivity contribution in [3.63, 3.8) is 0 Å². The lowest BCUT2D eigenvalue weighted by atomic mass is 9.65. The van der Waals surface area contributed by atoms with Crippen molar-refractivity contribution in [3.05, 3.63) is 30.1 Å². The first-order valence-corrected chi connectivity index (χ1v) is 9.50. The minimum Gasteiger partial charge on any atom is -0.341 e. The van der Waals surface area contributed by atoms with Crippen molar-refractivity contribution in [2.24, 2.45) is 10.8 Å². The number of hydrogen-bond acceptors (Lipinski definition) is 4. The fraction of sp³-hybridized carbons (Fsp3) is 0.667. The lowest BCUT2D eigenvalue weighted by Crippen LogP contribution is -2.48. The zero-order chi connectivity index (χ0) is 19.0. The second kappa shape index (κ2) is 6.66. The average molecular weight is 354 g/mol. The second-order valence-corrected chi connectivity index (χ2v) is 9.06. The topological polar surface area (TPSA) is 60.2 Å². The molecule has 140 valence electrons. The third-order valence-electron chi connectivity index (χ3n) is 6.43. The molecule has 26 heavy (non-hydrogen) atoms. The first-order chi connectivity index (χ1) is 12.2. The molecule has 5 nitrogen and oxygen atoms in total. The van der Waals surface area contributed by atoms with Crippen LogP contribution in [0.5, 0.6) is 0 Å². The molecule has 1 aromatic rings. The summed E-state index contributed by atoms with van der Waals surface area (Å²) in [5.74, 6) is 0.212. The van der Waals surface area contributed by atoms with Gasteiger partial charge in [-0.3, -0.25) is 14.7 Å². The number of hydrogen-bond donors (Lipinski definition) is 0.